The van der Waals surface area contributed by atoms with Crippen LogP contribution in [0.1, 0.15) is 5.56 Å². The number of ether oxygens (including phenoxy) is 1. The summed E-state index contributed by atoms with van der Waals surface area (Å²) < 4.78 is 5.58. The maximum Gasteiger partial charge on any atom is 0.234 e. The first kappa shape index (κ1) is 14.9. The van der Waals surface area contributed by atoms with Gasteiger partial charge in [-0.1, -0.05) is 18.2 Å². The van der Waals surface area contributed by atoms with Crippen molar-refractivity contribution in [2.45, 2.75) is 12.5 Å². The van der Waals surface area contributed by atoms with Gasteiger partial charge in [-0.05, 0) is 31.2 Å². The van der Waals surface area contributed by atoms with Crippen LogP contribution in [0.25, 0.3) is 10.9 Å². The van der Waals surface area contributed by atoms with Crippen LogP contribution in [0, 0.1) is 5.92 Å². The number of amides is 1. The van der Waals surface area contributed by atoms with Gasteiger partial charge in [-0.25, -0.2) is 0 Å². The first-order chi connectivity index (χ1) is 10.8. The lowest BCUT2D eigenvalue weighted by Gasteiger charge is -2.19. The molecule has 0 bridgehead atoms. The van der Waals surface area contributed by atoms with Crippen LogP contribution >= 0.6 is 0 Å². The Morgan fingerprint density at radius 3 is 3.05 bits per heavy atom. The van der Waals surface area contributed by atoms with Gasteiger partial charge in [-0.2, -0.15) is 0 Å². The molecular formula is C17H21N3O2. The molecule has 22 heavy (non-hydrogen) atoms. The molecular weight excluding hydrogens is 278 g/mol. The van der Waals surface area contributed by atoms with Crippen molar-refractivity contribution in [3.8, 4) is 0 Å². The summed E-state index contributed by atoms with van der Waals surface area (Å²) in [7, 11) is 1.77. The smallest absolute Gasteiger partial charge is 0.234 e. The maximum absolute atomic E-state index is 11.8. The van der Waals surface area contributed by atoms with E-state index in [2.05, 4.69) is 27.8 Å². The van der Waals surface area contributed by atoms with Gasteiger partial charge in [-0.3, -0.25) is 9.78 Å². The fourth-order valence-corrected chi connectivity index (χ4v) is 2.99. The van der Waals surface area contributed by atoms with Crippen molar-refractivity contribution in [2.24, 2.45) is 5.92 Å². The standard InChI is InChI=1S/C17H21N3O2/c1-18-9-17(21)20-16-11-22-10-13(16)8-12-6-7-19-15-5-3-2-4-14(12)15/h2-7,13,16,18H,8-11H2,1H3,(H,20,21)/t13-,16+/m1/s1. The normalized spacial score (nSPS) is 21.1. The van der Waals surface area contributed by atoms with Crippen LogP contribution in [0.15, 0.2) is 36.5 Å². The monoisotopic (exact) mass is 299 g/mol. The number of carbonyl (C=O) groups is 1. The number of benzene rings is 1. The molecule has 1 amide bonds. The predicted octanol–water partition coefficient (Wildman–Crippen LogP) is 1.13. The number of hydrogen-bond acceptors (Lipinski definition) is 4. The highest BCUT2D eigenvalue weighted by molar-refractivity contribution is 5.82. The van der Waals surface area contributed by atoms with Crippen molar-refractivity contribution in [2.75, 3.05) is 26.8 Å². The van der Waals surface area contributed by atoms with Crippen LogP contribution in [0.3, 0.4) is 0 Å². The summed E-state index contributed by atoms with van der Waals surface area (Å²) in [6.07, 6.45) is 2.73. The second kappa shape index (κ2) is 6.85. The van der Waals surface area contributed by atoms with Crippen molar-refractivity contribution in [3.05, 3.63) is 42.1 Å². The van der Waals surface area contributed by atoms with Gasteiger partial charge < -0.3 is 15.4 Å². The Morgan fingerprint density at radius 2 is 2.18 bits per heavy atom. The minimum atomic E-state index is 0.0163. The molecule has 1 aliphatic heterocycles. The highest BCUT2D eigenvalue weighted by atomic mass is 16.5. The minimum Gasteiger partial charge on any atom is -0.379 e. The molecule has 1 aromatic heterocycles. The molecule has 2 aromatic rings. The van der Waals surface area contributed by atoms with Crippen LogP contribution in [-0.4, -0.2) is 43.7 Å². The van der Waals surface area contributed by atoms with E-state index in [9.17, 15) is 4.79 Å². The molecule has 1 saturated heterocycles. The molecule has 1 aliphatic rings. The van der Waals surface area contributed by atoms with E-state index in [-0.39, 0.29) is 11.9 Å². The number of nitrogens with zero attached hydrogens (tertiary/aromatic N) is 1. The van der Waals surface area contributed by atoms with E-state index < -0.39 is 0 Å². The molecule has 2 atom stereocenters. The Kier molecular flexibility index (Phi) is 4.65. The summed E-state index contributed by atoms with van der Waals surface area (Å²) in [5, 5.41) is 7.10. The van der Waals surface area contributed by atoms with Crippen LogP contribution in [0.2, 0.25) is 0 Å². The molecule has 0 radical (unpaired) electrons. The van der Waals surface area contributed by atoms with E-state index in [1.54, 1.807) is 7.05 Å². The maximum atomic E-state index is 11.8. The average molecular weight is 299 g/mol. The fourth-order valence-electron chi connectivity index (χ4n) is 2.99. The number of rotatable bonds is 5. The molecule has 2 heterocycles. The van der Waals surface area contributed by atoms with E-state index in [1.807, 2.05) is 24.4 Å². The van der Waals surface area contributed by atoms with E-state index >= 15 is 0 Å². The molecule has 1 aromatic carbocycles. The first-order valence-corrected chi connectivity index (χ1v) is 7.62. The zero-order valence-corrected chi connectivity index (χ0v) is 12.7. The van der Waals surface area contributed by atoms with Gasteiger partial charge in [-0.15, -0.1) is 0 Å². The lowest BCUT2D eigenvalue weighted by molar-refractivity contribution is -0.121. The van der Waals surface area contributed by atoms with Crippen molar-refractivity contribution in [3.63, 3.8) is 0 Å². The van der Waals surface area contributed by atoms with Crippen LogP contribution < -0.4 is 10.6 Å². The Balaban J connectivity index is 1.74. The third kappa shape index (κ3) is 3.26. The van der Waals surface area contributed by atoms with Crippen LogP contribution in [0.5, 0.6) is 0 Å². The summed E-state index contributed by atoms with van der Waals surface area (Å²) in [5.41, 5.74) is 2.27. The molecule has 0 aliphatic carbocycles. The van der Waals surface area contributed by atoms with E-state index in [4.69, 9.17) is 4.74 Å². The summed E-state index contributed by atoms with van der Waals surface area (Å²) in [6, 6.07) is 10.3. The third-order valence-corrected chi connectivity index (χ3v) is 4.10. The summed E-state index contributed by atoms with van der Waals surface area (Å²) in [5.74, 6) is 0.314. The lowest BCUT2D eigenvalue weighted by atomic mass is 9.93. The largest absolute Gasteiger partial charge is 0.379 e. The van der Waals surface area contributed by atoms with Crippen molar-refractivity contribution in [1.82, 2.24) is 15.6 Å². The molecule has 5 nitrogen and oxygen atoms in total. The summed E-state index contributed by atoms with van der Waals surface area (Å²) >= 11 is 0. The number of pyridine rings is 1. The van der Waals surface area contributed by atoms with E-state index in [0.29, 0.717) is 25.7 Å². The number of para-hydroxylation sites is 1. The van der Waals surface area contributed by atoms with Gasteiger partial charge in [0.05, 0.1) is 31.3 Å². The Bertz CT molecular complexity index is 654. The highest BCUT2D eigenvalue weighted by Crippen LogP contribution is 2.24. The number of hydrogen-bond donors (Lipinski definition) is 2. The minimum absolute atomic E-state index is 0.0163. The SMILES string of the molecule is CNCC(=O)N[C@H]1COC[C@H]1Cc1ccnc2ccccc12. The van der Waals surface area contributed by atoms with Crippen molar-refractivity contribution >= 4 is 16.8 Å². The summed E-state index contributed by atoms with van der Waals surface area (Å²) in [6.45, 7) is 1.60. The van der Waals surface area contributed by atoms with E-state index in [1.165, 1.54) is 10.9 Å². The Hall–Kier alpha value is -1.98. The highest BCUT2D eigenvalue weighted by Gasteiger charge is 2.29. The fraction of sp³-hybridized carbons (Fsp3) is 0.412. The molecule has 1 fully saturated rings. The van der Waals surface area contributed by atoms with E-state index in [0.717, 1.165) is 11.9 Å². The Labute approximate surface area is 130 Å². The second-order valence-electron chi connectivity index (χ2n) is 5.69. The molecule has 116 valence electrons. The lowest BCUT2D eigenvalue weighted by Crippen LogP contribution is -2.43. The Morgan fingerprint density at radius 1 is 1.32 bits per heavy atom. The van der Waals surface area contributed by atoms with Gasteiger partial charge in [0.1, 0.15) is 0 Å². The van der Waals surface area contributed by atoms with Crippen LogP contribution in [-0.2, 0) is 16.0 Å². The van der Waals surface area contributed by atoms with Gasteiger partial charge in [0.25, 0.3) is 0 Å². The summed E-state index contributed by atoms with van der Waals surface area (Å²) in [4.78, 5) is 16.2. The predicted molar refractivity (Wildman–Crippen MR) is 85.6 cm³/mol. The number of carbonyl (C=O) groups excluding carboxylic acids is 1. The van der Waals surface area contributed by atoms with Crippen molar-refractivity contribution in [1.29, 1.82) is 0 Å². The molecule has 0 unspecified atom stereocenters. The third-order valence-electron chi connectivity index (χ3n) is 4.10. The molecule has 5 heteroatoms. The van der Waals surface area contributed by atoms with Crippen molar-refractivity contribution < 1.29 is 9.53 Å². The molecule has 3 rings (SSSR count). The average Bonchev–Trinajstić information content (AvgIpc) is 2.95. The molecule has 2 N–H and O–H groups in total. The quantitative estimate of drug-likeness (QED) is 0.869. The number of nitrogens with one attached hydrogen (secondary N) is 2. The van der Waals surface area contributed by atoms with Gasteiger partial charge in [0, 0.05) is 17.5 Å². The van der Waals surface area contributed by atoms with Gasteiger partial charge in [0.2, 0.25) is 5.91 Å². The van der Waals surface area contributed by atoms with Gasteiger partial charge >= 0.3 is 0 Å². The second-order valence-corrected chi connectivity index (χ2v) is 5.69. The molecule has 0 saturated carbocycles. The zero-order valence-electron chi connectivity index (χ0n) is 12.7. The number of fused-ring (bicyclic) bond motifs is 1. The topological polar surface area (TPSA) is 63.2 Å². The number of aromatic nitrogens is 1. The zero-order chi connectivity index (χ0) is 15.4. The number of likely N-dealkylation sites (N-methyl/N-ethyl adjacent to an activating group) is 1. The van der Waals surface area contributed by atoms with Crippen LogP contribution in [0.4, 0.5) is 0 Å². The van der Waals surface area contributed by atoms with Gasteiger partial charge in [0.15, 0.2) is 0 Å². The first-order valence-electron chi connectivity index (χ1n) is 7.62. The molecule has 0 spiro atoms.